The number of ether oxygens (including phenoxy) is 1. The highest BCUT2D eigenvalue weighted by Crippen LogP contribution is 2.33. The van der Waals surface area contributed by atoms with Crippen LogP contribution in [0.1, 0.15) is 13.8 Å². The summed E-state index contributed by atoms with van der Waals surface area (Å²) in [5.41, 5.74) is -0.999. The molecule has 0 aromatic heterocycles. The third-order valence-electron chi connectivity index (χ3n) is 2.64. The zero-order valence-corrected chi connectivity index (χ0v) is 13.4. The third-order valence-corrected chi connectivity index (χ3v) is 4.13. The number of primary sulfonamides is 1. The summed E-state index contributed by atoms with van der Waals surface area (Å²) < 4.78 is 27.5. The van der Waals surface area contributed by atoms with Gasteiger partial charge < -0.3 is 10.1 Å². The first-order valence-electron chi connectivity index (χ1n) is 5.37. The van der Waals surface area contributed by atoms with Crippen LogP contribution < -0.4 is 10.5 Å². The van der Waals surface area contributed by atoms with Crippen LogP contribution in [0.15, 0.2) is 17.0 Å². The molecule has 3 N–H and O–H groups in total. The number of methoxy groups -OCH3 is 1. The number of benzene rings is 1. The third kappa shape index (κ3) is 3.83. The number of nitrogens with one attached hydrogen (secondary N) is 1. The van der Waals surface area contributed by atoms with Crippen LogP contribution in [0.5, 0.6) is 0 Å². The first kappa shape index (κ1) is 17.2. The van der Waals surface area contributed by atoms with Crippen molar-refractivity contribution in [3.63, 3.8) is 0 Å². The molecule has 112 valence electrons. The highest BCUT2D eigenvalue weighted by molar-refractivity contribution is 7.89. The maximum atomic E-state index is 12.0. The fourth-order valence-corrected chi connectivity index (χ4v) is 2.47. The maximum Gasteiger partial charge on any atom is 0.256 e. The van der Waals surface area contributed by atoms with Gasteiger partial charge in [0.15, 0.2) is 0 Å². The molecule has 20 heavy (non-hydrogen) atoms. The number of hydrogen-bond acceptors (Lipinski definition) is 4. The van der Waals surface area contributed by atoms with Crippen molar-refractivity contribution in [1.82, 2.24) is 0 Å². The number of halogens is 2. The number of carbonyl (C=O) groups is 1. The number of rotatable bonds is 4. The zero-order valence-electron chi connectivity index (χ0n) is 11.0. The summed E-state index contributed by atoms with van der Waals surface area (Å²) in [5, 5.41) is 7.39. The van der Waals surface area contributed by atoms with Gasteiger partial charge in [-0.1, -0.05) is 23.2 Å². The van der Waals surface area contributed by atoms with Crippen LogP contribution in [-0.2, 0) is 19.6 Å². The van der Waals surface area contributed by atoms with Gasteiger partial charge in [0, 0.05) is 7.11 Å². The summed E-state index contributed by atoms with van der Waals surface area (Å²) in [5.74, 6) is -0.479. The molecule has 0 fully saturated rings. The van der Waals surface area contributed by atoms with Gasteiger partial charge in [-0.05, 0) is 26.0 Å². The normalized spacial score (nSPS) is 12.3. The lowest BCUT2D eigenvalue weighted by atomic mass is 10.1. The molecular weight excluding hydrogens is 327 g/mol. The quantitative estimate of drug-likeness (QED) is 0.875. The predicted octanol–water partition coefficient (Wildman–Crippen LogP) is 2.00. The Bertz CT molecular complexity index is 621. The molecule has 0 aliphatic rings. The van der Waals surface area contributed by atoms with Crippen LogP contribution in [0.2, 0.25) is 10.0 Å². The van der Waals surface area contributed by atoms with Gasteiger partial charge in [0.25, 0.3) is 5.91 Å². The first-order chi connectivity index (χ1) is 8.99. The maximum absolute atomic E-state index is 12.0. The van der Waals surface area contributed by atoms with Crippen molar-refractivity contribution in [3.8, 4) is 0 Å². The molecule has 0 heterocycles. The largest absolute Gasteiger partial charge is 0.369 e. The van der Waals surface area contributed by atoms with Crippen LogP contribution in [0.4, 0.5) is 5.69 Å². The van der Waals surface area contributed by atoms with E-state index >= 15 is 0 Å². The lowest BCUT2D eigenvalue weighted by Crippen LogP contribution is -2.39. The Morgan fingerprint density at radius 1 is 1.30 bits per heavy atom. The summed E-state index contributed by atoms with van der Waals surface area (Å²) in [6.45, 7) is 3.12. The van der Waals surface area contributed by atoms with Crippen LogP contribution >= 0.6 is 23.2 Å². The molecule has 0 atom stereocenters. The average molecular weight is 341 g/mol. The first-order valence-corrected chi connectivity index (χ1v) is 7.67. The number of amides is 1. The molecule has 1 aromatic carbocycles. The minimum atomic E-state index is -3.93. The van der Waals surface area contributed by atoms with Crippen molar-refractivity contribution in [2.75, 3.05) is 12.4 Å². The van der Waals surface area contributed by atoms with Gasteiger partial charge in [0.05, 0.1) is 20.6 Å². The molecule has 0 aliphatic heterocycles. The van der Waals surface area contributed by atoms with E-state index in [-0.39, 0.29) is 20.6 Å². The molecule has 1 aromatic rings. The van der Waals surface area contributed by atoms with Crippen molar-refractivity contribution < 1.29 is 17.9 Å². The Morgan fingerprint density at radius 3 is 2.10 bits per heavy atom. The van der Waals surface area contributed by atoms with Crippen molar-refractivity contribution >= 4 is 44.8 Å². The molecule has 0 aliphatic carbocycles. The smallest absolute Gasteiger partial charge is 0.256 e. The fraction of sp³-hybridized carbons (Fsp3) is 0.364. The van der Waals surface area contributed by atoms with E-state index in [4.69, 9.17) is 33.1 Å². The van der Waals surface area contributed by atoms with Crippen LogP contribution in [0, 0.1) is 0 Å². The molecule has 9 heteroatoms. The predicted molar refractivity (Wildman–Crippen MR) is 77.6 cm³/mol. The van der Waals surface area contributed by atoms with Crippen molar-refractivity contribution in [2.24, 2.45) is 5.14 Å². The van der Waals surface area contributed by atoms with E-state index in [0.29, 0.717) is 0 Å². The molecule has 6 nitrogen and oxygen atoms in total. The zero-order chi connectivity index (χ0) is 15.7. The monoisotopic (exact) mass is 340 g/mol. The Balaban J connectivity index is 3.20. The van der Waals surface area contributed by atoms with E-state index in [9.17, 15) is 13.2 Å². The van der Waals surface area contributed by atoms with Crippen molar-refractivity contribution in [2.45, 2.75) is 24.3 Å². The van der Waals surface area contributed by atoms with Crippen LogP contribution in [0.3, 0.4) is 0 Å². The molecule has 0 spiro atoms. The second-order valence-corrected chi connectivity index (χ2v) is 6.85. The second kappa shape index (κ2) is 5.87. The summed E-state index contributed by atoms with van der Waals surface area (Å²) in [6, 6.07) is 2.22. The summed E-state index contributed by atoms with van der Waals surface area (Å²) in [4.78, 5) is 11.7. The second-order valence-electron chi connectivity index (χ2n) is 4.48. The van der Waals surface area contributed by atoms with Gasteiger partial charge in [-0.2, -0.15) is 0 Å². The Labute approximate surface area is 127 Å². The molecule has 0 saturated heterocycles. The summed E-state index contributed by atoms with van der Waals surface area (Å²) >= 11 is 11.8. The van der Waals surface area contributed by atoms with Gasteiger partial charge in [-0.3, -0.25) is 4.79 Å². The minimum absolute atomic E-state index is 0.0400. The Kier molecular flexibility index (Phi) is 5.04. The molecule has 1 rings (SSSR count). The van der Waals surface area contributed by atoms with E-state index < -0.39 is 21.5 Å². The Morgan fingerprint density at radius 2 is 1.75 bits per heavy atom. The molecule has 0 bridgehead atoms. The molecule has 0 unspecified atom stereocenters. The van der Waals surface area contributed by atoms with Gasteiger partial charge >= 0.3 is 0 Å². The minimum Gasteiger partial charge on any atom is -0.369 e. The highest BCUT2D eigenvalue weighted by Gasteiger charge is 2.28. The van der Waals surface area contributed by atoms with E-state index in [1.807, 2.05) is 0 Å². The van der Waals surface area contributed by atoms with Gasteiger partial charge in [-0.15, -0.1) is 0 Å². The van der Waals surface area contributed by atoms with Crippen LogP contribution in [0.25, 0.3) is 0 Å². The topological polar surface area (TPSA) is 98.5 Å². The summed E-state index contributed by atoms with van der Waals surface area (Å²) in [6.07, 6.45) is 0. The lowest BCUT2D eigenvalue weighted by Gasteiger charge is -2.22. The number of carbonyl (C=O) groups excluding carboxylic acids is 1. The Hall–Kier alpha value is -0.860. The number of anilines is 1. The van der Waals surface area contributed by atoms with Gasteiger partial charge in [0.2, 0.25) is 10.0 Å². The fourth-order valence-electron chi connectivity index (χ4n) is 1.19. The number of nitrogens with two attached hydrogens (primary N) is 1. The molecule has 0 radical (unpaired) electrons. The summed E-state index contributed by atoms with van der Waals surface area (Å²) in [7, 11) is -2.55. The van der Waals surface area contributed by atoms with Crippen molar-refractivity contribution in [1.29, 1.82) is 0 Å². The van der Waals surface area contributed by atoms with Gasteiger partial charge in [-0.25, -0.2) is 13.6 Å². The number of hydrogen-bond donors (Lipinski definition) is 2. The molecular formula is C11H14Cl2N2O4S. The SMILES string of the molecule is COC(C)(C)C(=O)Nc1c(Cl)cc(S(N)(=O)=O)cc1Cl. The van der Waals surface area contributed by atoms with Crippen LogP contribution in [-0.4, -0.2) is 27.0 Å². The molecule has 0 saturated carbocycles. The standard InChI is InChI=1S/C11H14Cl2N2O4S/c1-11(2,19-3)10(16)15-9-7(12)4-6(5-8(9)13)20(14,17)18/h4-5H,1-3H3,(H,15,16)(H2,14,17,18). The van der Waals surface area contributed by atoms with E-state index in [0.717, 1.165) is 12.1 Å². The van der Waals surface area contributed by atoms with E-state index in [1.165, 1.54) is 7.11 Å². The lowest BCUT2D eigenvalue weighted by molar-refractivity contribution is -0.133. The number of sulfonamides is 1. The van der Waals surface area contributed by atoms with Crippen molar-refractivity contribution in [3.05, 3.63) is 22.2 Å². The highest BCUT2D eigenvalue weighted by atomic mass is 35.5. The molecule has 1 amide bonds. The van der Waals surface area contributed by atoms with Gasteiger partial charge in [0.1, 0.15) is 5.60 Å². The van der Waals surface area contributed by atoms with E-state index in [1.54, 1.807) is 13.8 Å². The average Bonchev–Trinajstić information content (AvgIpc) is 2.31. The van der Waals surface area contributed by atoms with E-state index in [2.05, 4.69) is 5.32 Å².